The molecule has 0 radical (unpaired) electrons. The van der Waals surface area contributed by atoms with E-state index in [1.165, 1.54) is 16.8 Å². The molecule has 4 aromatic rings. The second-order valence-electron chi connectivity index (χ2n) is 7.01. The fourth-order valence-corrected chi connectivity index (χ4v) is 3.71. The lowest BCUT2D eigenvalue weighted by Gasteiger charge is -2.14. The second-order valence-corrected chi connectivity index (χ2v) is 7.01. The number of amides is 1. The number of carbonyl (C=O) groups is 1. The van der Waals surface area contributed by atoms with Gasteiger partial charge >= 0.3 is 0 Å². The van der Waals surface area contributed by atoms with E-state index in [-0.39, 0.29) is 30.0 Å². The van der Waals surface area contributed by atoms with Crippen molar-refractivity contribution in [1.29, 1.82) is 0 Å². The van der Waals surface area contributed by atoms with Crippen LogP contribution in [0, 0.1) is 5.82 Å². The second kappa shape index (κ2) is 7.30. The van der Waals surface area contributed by atoms with Crippen LogP contribution in [0.25, 0.3) is 17.2 Å². The number of hydrogen-bond donors (Lipinski definition) is 1. The predicted molar refractivity (Wildman–Crippen MR) is 102 cm³/mol. The van der Waals surface area contributed by atoms with Gasteiger partial charge in [-0.05, 0) is 30.0 Å². The molecule has 10 heteroatoms. The molecule has 0 spiro atoms. The Morgan fingerprint density at radius 3 is 3.10 bits per heavy atom. The van der Waals surface area contributed by atoms with Gasteiger partial charge in [0.2, 0.25) is 11.6 Å². The molecule has 1 aliphatic carbocycles. The Hall–Kier alpha value is -3.66. The highest BCUT2D eigenvalue weighted by atomic mass is 19.1. The van der Waals surface area contributed by atoms with Gasteiger partial charge in [0.25, 0.3) is 11.8 Å². The maximum absolute atomic E-state index is 13.5. The van der Waals surface area contributed by atoms with Crippen LogP contribution in [0.5, 0.6) is 0 Å². The Morgan fingerprint density at radius 1 is 1.37 bits per heavy atom. The Balaban J connectivity index is 1.36. The van der Waals surface area contributed by atoms with Gasteiger partial charge in [-0.15, -0.1) is 0 Å². The van der Waals surface area contributed by atoms with Crippen molar-refractivity contribution in [3.8, 4) is 11.4 Å². The van der Waals surface area contributed by atoms with Crippen LogP contribution in [0.1, 0.15) is 40.0 Å². The molecule has 3 aromatic heterocycles. The Labute approximate surface area is 169 Å². The molecule has 0 saturated heterocycles. The summed E-state index contributed by atoms with van der Waals surface area (Å²) < 4.78 is 25.0. The minimum atomic E-state index is -0.539. The van der Waals surface area contributed by atoms with Crippen LogP contribution in [-0.2, 0) is 17.8 Å². The Bertz CT molecular complexity index is 1250. The van der Waals surface area contributed by atoms with Crippen molar-refractivity contribution in [3.63, 3.8) is 0 Å². The molecular weight excluding hydrogens is 391 g/mol. The lowest BCUT2D eigenvalue weighted by Crippen LogP contribution is -2.28. The zero-order valence-electron chi connectivity index (χ0n) is 16.0. The molecule has 5 rings (SSSR count). The van der Waals surface area contributed by atoms with E-state index in [1.54, 1.807) is 7.11 Å². The average molecular weight is 408 g/mol. The number of imidazole rings is 1. The van der Waals surface area contributed by atoms with Gasteiger partial charge in [0.1, 0.15) is 12.3 Å². The minimum absolute atomic E-state index is 0.150. The average Bonchev–Trinajstić information content (AvgIpc) is 3.46. The molecule has 30 heavy (non-hydrogen) atoms. The molecule has 1 atom stereocenters. The lowest BCUT2D eigenvalue weighted by atomic mass is 10.0. The number of halogens is 1. The number of ether oxygens (including phenoxy) is 1. The summed E-state index contributed by atoms with van der Waals surface area (Å²) in [6.07, 6.45) is 5.22. The normalized spacial score (nSPS) is 15.5. The number of rotatable bonds is 5. The van der Waals surface area contributed by atoms with Crippen LogP contribution in [0.4, 0.5) is 4.39 Å². The van der Waals surface area contributed by atoms with E-state index < -0.39 is 5.82 Å². The fraction of sp³-hybridized carbons (Fsp3) is 0.250. The number of aryl methyl sites for hydroxylation is 1. The smallest absolute Gasteiger partial charge is 0.270 e. The molecule has 0 saturated carbocycles. The molecular formula is C20H17FN6O3. The largest absolute Gasteiger partial charge is 0.375 e. The van der Waals surface area contributed by atoms with Crippen LogP contribution in [0.3, 0.4) is 0 Å². The highest BCUT2D eigenvalue weighted by Crippen LogP contribution is 2.34. The first-order valence-corrected chi connectivity index (χ1v) is 9.36. The summed E-state index contributed by atoms with van der Waals surface area (Å²) in [4.78, 5) is 25.0. The van der Waals surface area contributed by atoms with Gasteiger partial charge < -0.3 is 14.6 Å². The Morgan fingerprint density at radius 2 is 2.23 bits per heavy atom. The highest BCUT2D eigenvalue weighted by molar-refractivity contribution is 5.93. The molecule has 152 valence electrons. The van der Waals surface area contributed by atoms with Crippen LogP contribution in [0.2, 0.25) is 0 Å². The zero-order valence-corrected chi connectivity index (χ0v) is 16.0. The molecule has 1 aromatic carbocycles. The lowest BCUT2D eigenvalue weighted by molar-refractivity contribution is 0.0930. The quantitative estimate of drug-likeness (QED) is 0.540. The van der Waals surface area contributed by atoms with Crippen molar-refractivity contribution in [2.24, 2.45) is 0 Å². The number of benzene rings is 1. The first kappa shape index (κ1) is 18.4. The van der Waals surface area contributed by atoms with Gasteiger partial charge in [-0.3, -0.25) is 9.20 Å². The molecule has 1 aliphatic rings. The molecule has 0 unspecified atom stereocenters. The highest BCUT2D eigenvalue weighted by Gasteiger charge is 2.26. The van der Waals surface area contributed by atoms with Crippen molar-refractivity contribution in [1.82, 2.24) is 29.8 Å². The van der Waals surface area contributed by atoms with Crippen molar-refractivity contribution in [3.05, 3.63) is 65.3 Å². The Kier molecular flexibility index (Phi) is 4.47. The van der Waals surface area contributed by atoms with Gasteiger partial charge in [0, 0.05) is 12.7 Å². The van der Waals surface area contributed by atoms with E-state index in [0.29, 0.717) is 11.7 Å². The van der Waals surface area contributed by atoms with Gasteiger partial charge in [0.15, 0.2) is 5.82 Å². The van der Waals surface area contributed by atoms with Crippen molar-refractivity contribution in [2.45, 2.75) is 25.5 Å². The van der Waals surface area contributed by atoms with E-state index >= 15 is 0 Å². The molecule has 9 nitrogen and oxygen atoms in total. The van der Waals surface area contributed by atoms with E-state index in [0.717, 1.165) is 35.7 Å². The molecule has 0 aliphatic heterocycles. The standard InChI is InChI=1S/C20H17FN6O3/c1-29-10-17-25-18(26-30-17)12-2-4-14-11(6-12)3-5-15(14)24-19(28)16-8-23-20-22-7-13(21)9-27(16)20/h2,4,6-9,15H,3,5,10H2,1H3,(H,24,28)/t15-/m1/s1. The molecule has 1 N–H and O–H groups in total. The summed E-state index contributed by atoms with van der Waals surface area (Å²) in [5.41, 5.74) is 3.22. The number of nitrogens with one attached hydrogen (secondary N) is 1. The zero-order chi connectivity index (χ0) is 20.7. The first-order chi connectivity index (χ1) is 14.6. The predicted octanol–water partition coefficient (Wildman–Crippen LogP) is 2.48. The summed E-state index contributed by atoms with van der Waals surface area (Å²) >= 11 is 0. The van der Waals surface area contributed by atoms with E-state index in [4.69, 9.17) is 9.26 Å². The first-order valence-electron chi connectivity index (χ1n) is 9.36. The van der Waals surface area contributed by atoms with Crippen LogP contribution < -0.4 is 5.32 Å². The van der Waals surface area contributed by atoms with E-state index in [2.05, 4.69) is 25.4 Å². The molecule has 0 fully saturated rings. The van der Waals surface area contributed by atoms with Gasteiger partial charge in [-0.25, -0.2) is 14.4 Å². The molecule has 0 bridgehead atoms. The minimum Gasteiger partial charge on any atom is -0.375 e. The summed E-state index contributed by atoms with van der Waals surface area (Å²) in [5, 5.41) is 7.00. The number of fused-ring (bicyclic) bond motifs is 2. The summed E-state index contributed by atoms with van der Waals surface area (Å²) in [7, 11) is 1.56. The number of nitrogens with zero attached hydrogens (tertiary/aromatic N) is 5. The van der Waals surface area contributed by atoms with E-state index in [1.807, 2.05) is 18.2 Å². The number of aromatic nitrogens is 5. The van der Waals surface area contributed by atoms with Crippen LogP contribution in [-0.4, -0.2) is 37.5 Å². The molecule has 3 heterocycles. The van der Waals surface area contributed by atoms with Crippen molar-refractivity contribution >= 4 is 11.7 Å². The summed E-state index contributed by atoms with van der Waals surface area (Å²) in [6, 6.07) is 5.72. The number of carbonyl (C=O) groups excluding carboxylic acids is 1. The summed E-state index contributed by atoms with van der Waals surface area (Å²) in [6.45, 7) is 0.259. The third-order valence-electron chi connectivity index (χ3n) is 5.09. The third kappa shape index (κ3) is 3.20. The number of hydrogen-bond acceptors (Lipinski definition) is 7. The monoisotopic (exact) mass is 408 g/mol. The fourth-order valence-electron chi connectivity index (χ4n) is 3.71. The van der Waals surface area contributed by atoms with Crippen LogP contribution >= 0.6 is 0 Å². The SMILES string of the molecule is COCc1nc(-c2ccc3c(c2)CC[C@H]3NC(=O)c2cnc3ncc(F)cn23)no1. The number of methoxy groups -OCH3 is 1. The topological polar surface area (TPSA) is 107 Å². The summed E-state index contributed by atoms with van der Waals surface area (Å²) in [5.74, 6) is 0.309. The molecule has 1 amide bonds. The van der Waals surface area contributed by atoms with Gasteiger partial charge in [-0.1, -0.05) is 17.3 Å². The van der Waals surface area contributed by atoms with Crippen molar-refractivity contribution < 1.29 is 18.4 Å². The van der Waals surface area contributed by atoms with Crippen molar-refractivity contribution in [2.75, 3.05) is 7.11 Å². The van der Waals surface area contributed by atoms with Gasteiger partial charge in [0.05, 0.1) is 24.6 Å². The van der Waals surface area contributed by atoms with Gasteiger partial charge in [-0.2, -0.15) is 4.98 Å². The maximum atomic E-state index is 13.5. The van der Waals surface area contributed by atoms with E-state index in [9.17, 15) is 9.18 Å². The third-order valence-corrected chi connectivity index (χ3v) is 5.09. The maximum Gasteiger partial charge on any atom is 0.270 e. The van der Waals surface area contributed by atoms with Crippen LogP contribution in [0.15, 0.2) is 41.3 Å².